The molecule has 3 rings (SSSR count). The summed E-state index contributed by atoms with van der Waals surface area (Å²) in [6.07, 6.45) is 0. The lowest BCUT2D eigenvalue weighted by Gasteiger charge is -2.06. The maximum Gasteiger partial charge on any atom is 0.344 e. The van der Waals surface area contributed by atoms with Gasteiger partial charge < -0.3 is 10.2 Å². The molecule has 3 nitrogen and oxygen atoms in total. The fraction of sp³-hybridized carbons (Fsp3) is 0.0625. The van der Waals surface area contributed by atoms with Crippen molar-refractivity contribution in [3.05, 3.63) is 64.5 Å². The first-order chi connectivity index (χ1) is 9.15. The van der Waals surface area contributed by atoms with Gasteiger partial charge in [-0.15, -0.1) is 0 Å². The Kier molecular flexibility index (Phi) is 2.60. The number of hydrogen-bond donors (Lipinski definition) is 1. The summed E-state index contributed by atoms with van der Waals surface area (Å²) >= 11 is 0. The van der Waals surface area contributed by atoms with Crippen molar-refractivity contribution in [2.75, 3.05) is 5.73 Å². The maximum absolute atomic E-state index is 12.1. The molecule has 0 aliphatic carbocycles. The van der Waals surface area contributed by atoms with Crippen molar-refractivity contribution >= 4 is 16.7 Å². The molecule has 94 valence electrons. The van der Waals surface area contributed by atoms with Crippen LogP contribution in [0.15, 0.2) is 57.7 Å². The first kappa shape index (κ1) is 11.5. The Hall–Kier alpha value is -2.55. The summed E-state index contributed by atoms with van der Waals surface area (Å²) in [6, 6.07) is 14.8. The minimum absolute atomic E-state index is 0.327. The predicted molar refractivity (Wildman–Crippen MR) is 77.1 cm³/mol. The fourth-order valence-corrected chi connectivity index (χ4v) is 2.24. The molecule has 0 amide bonds. The molecule has 0 radical (unpaired) electrons. The quantitative estimate of drug-likeness (QED) is 0.533. The van der Waals surface area contributed by atoms with E-state index in [1.54, 1.807) is 12.1 Å². The summed E-state index contributed by atoms with van der Waals surface area (Å²) in [5, 5.41) is 0.910. The number of benzene rings is 2. The highest BCUT2D eigenvalue weighted by molar-refractivity contribution is 5.82. The molecule has 0 saturated heterocycles. The standard InChI is InChI=1S/C16H13NO2/c1-10-8-12(17)6-7-13(10)14-9-11-4-2-3-5-15(11)19-16(14)18/h2-9H,17H2,1H3. The van der Waals surface area contributed by atoms with E-state index in [1.807, 2.05) is 43.3 Å². The van der Waals surface area contributed by atoms with Crippen molar-refractivity contribution < 1.29 is 4.42 Å². The highest BCUT2D eigenvalue weighted by Gasteiger charge is 2.09. The van der Waals surface area contributed by atoms with E-state index >= 15 is 0 Å². The number of para-hydroxylation sites is 1. The van der Waals surface area contributed by atoms with Crippen molar-refractivity contribution in [2.45, 2.75) is 6.92 Å². The Morgan fingerprint density at radius 3 is 2.58 bits per heavy atom. The molecule has 0 unspecified atom stereocenters. The molecule has 3 aromatic rings. The summed E-state index contributed by atoms with van der Waals surface area (Å²) in [4.78, 5) is 12.1. The molecular weight excluding hydrogens is 238 g/mol. The molecule has 0 atom stereocenters. The molecule has 1 heterocycles. The molecule has 2 aromatic carbocycles. The number of fused-ring (bicyclic) bond motifs is 1. The van der Waals surface area contributed by atoms with Crippen LogP contribution in [0.25, 0.3) is 22.1 Å². The van der Waals surface area contributed by atoms with E-state index < -0.39 is 0 Å². The van der Waals surface area contributed by atoms with Gasteiger partial charge in [-0.1, -0.05) is 24.3 Å². The van der Waals surface area contributed by atoms with Crippen LogP contribution >= 0.6 is 0 Å². The maximum atomic E-state index is 12.1. The second-order valence-electron chi connectivity index (χ2n) is 4.56. The lowest BCUT2D eigenvalue weighted by molar-refractivity contribution is 0.563. The third kappa shape index (κ3) is 1.99. The van der Waals surface area contributed by atoms with E-state index in [1.165, 1.54) is 0 Å². The van der Waals surface area contributed by atoms with Crippen LogP contribution in [0.1, 0.15) is 5.56 Å². The highest BCUT2D eigenvalue weighted by atomic mass is 16.4. The van der Waals surface area contributed by atoms with Crippen LogP contribution in [0.3, 0.4) is 0 Å². The molecule has 0 aliphatic rings. The van der Waals surface area contributed by atoms with Gasteiger partial charge in [-0.3, -0.25) is 0 Å². The molecule has 0 fully saturated rings. The van der Waals surface area contributed by atoms with Gasteiger partial charge >= 0.3 is 5.63 Å². The number of aryl methyl sites for hydroxylation is 1. The van der Waals surface area contributed by atoms with Crippen molar-refractivity contribution in [3.63, 3.8) is 0 Å². The zero-order valence-corrected chi connectivity index (χ0v) is 10.5. The lowest BCUT2D eigenvalue weighted by Crippen LogP contribution is -2.03. The van der Waals surface area contributed by atoms with E-state index in [-0.39, 0.29) is 5.63 Å². The van der Waals surface area contributed by atoms with Crippen molar-refractivity contribution in [3.8, 4) is 11.1 Å². The van der Waals surface area contributed by atoms with E-state index in [9.17, 15) is 4.79 Å². The predicted octanol–water partition coefficient (Wildman–Crippen LogP) is 3.35. The SMILES string of the molecule is Cc1cc(N)ccc1-c1cc2ccccc2oc1=O. The Balaban J connectivity index is 2.30. The van der Waals surface area contributed by atoms with Crippen LogP contribution in [0.5, 0.6) is 0 Å². The normalized spacial score (nSPS) is 10.8. The van der Waals surface area contributed by atoms with Crippen molar-refractivity contribution in [1.82, 2.24) is 0 Å². The van der Waals surface area contributed by atoms with Gasteiger partial charge in [-0.2, -0.15) is 0 Å². The van der Waals surface area contributed by atoms with Crippen LogP contribution in [0, 0.1) is 6.92 Å². The average molecular weight is 251 g/mol. The van der Waals surface area contributed by atoms with Gasteiger partial charge in [0.2, 0.25) is 0 Å². The molecular formula is C16H13NO2. The smallest absolute Gasteiger partial charge is 0.344 e. The fourth-order valence-electron chi connectivity index (χ4n) is 2.24. The van der Waals surface area contributed by atoms with Gasteiger partial charge in [0.05, 0.1) is 5.56 Å². The number of nitrogen functional groups attached to an aromatic ring is 1. The lowest BCUT2D eigenvalue weighted by atomic mass is 10.0. The number of hydrogen-bond acceptors (Lipinski definition) is 3. The third-order valence-electron chi connectivity index (χ3n) is 3.18. The Morgan fingerprint density at radius 2 is 1.79 bits per heavy atom. The minimum Gasteiger partial charge on any atom is -0.422 e. The van der Waals surface area contributed by atoms with Gasteiger partial charge in [0.25, 0.3) is 0 Å². The summed E-state index contributed by atoms with van der Waals surface area (Å²) in [5.74, 6) is 0. The number of nitrogens with two attached hydrogens (primary N) is 1. The van der Waals surface area contributed by atoms with Crippen LogP contribution in [-0.2, 0) is 0 Å². The van der Waals surface area contributed by atoms with E-state index in [2.05, 4.69) is 0 Å². The largest absolute Gasteiger partial charge is 0.422 e. The molecule has 2 N–H and O–H groups in total. The van der Waals surface area contributed by atoms with Crippen LogP contribution in [-0.4, -0.2) is 0 Å². The topological polar surface area (TPSA) is 56.2 Å². The van der Waals surface area contributed by atoms with Gasteiger partial charge in [0, 0.05) is 11.1 Å². The second-order valence-corrected chi connectivity index (χ2v) is 4.56. The van der Waals surface area contributed by atoms with E-state index in [4.69, 9.17) is 10.2 Å². The molecule has 0 bridgehead atoms. The minimum atomic E-state index is -0.327. The first-order valence-corrected chi connectivity index (χ1v) is 6.04. The van der Waals surface area contributed by atoms with Gasteiger partial charge in [-0.25, -0.2) is 4.79 Å². The van der Waals surface area contributed by atoms with Crippen molar-refractivity contribution in [2.24, 2.45) is 0 Å². The molecule has 0 spiro atoms. The van der Waals surface area contributed by atoms with Gasteiger partial charge in [0.1, 0.15) is 5.58 Å². The summed E-state index contributed by atoms with van der Waals surface area (Å²) in [5.41, 5.74) is 9.08. The average Bonchev–Trinajstić information content (AvgIpc) is 2.38. The summed E-state index contributed by atoms with van der Waals surface area (Å²) < 4.78 is 5.35. The number of rotatable bonds is 1. The summed E-state index contributed by atoms with van der Waals surface area (Å²) in [6.45, 7) is 1.93. The Morgan fingerprint density at radius 1 is 1.00 bits per heavy atom. The molecule has 1 aromatic heterocycles. The second kappa shape index (κ2) is 4.28. The third-order valence-corrected chi connectivity index (χ3v) is 3.18. The van der Waals surface area contributed by atoms with E-state index in [0.29, 0.717) is 16.8 Å². The first-order valence-electron chi connectivity index (χ1n) is 6.04. The monoisotopic (exact) mass is 251 g/mol. The summed E-state index contributed by atoms with van der Waals surface area (Å²) in [7, 11) is 0. The molecule has 3 heteroatoms. The zero-order valence-electron chi connectivity index (χ0n) is 10.5. The molecule has 0 aliphatic heterocycles. The highest BCUT2D eigenvalue weighted by Crippen LogP contribution is 2.25. The van der Waals surface area contributed by atoms with E-state index in [0.717, 1.165) is 16.5 Å². The van der Waals surface area contributed by atoms with Crippen LogP contribution < -0.4 is 11.4 Å². The molecule has 19 heavy (non-hydrogen) atoms. The Bertz CT molecular complexity index is 818. The van der Waals surface area contributed by atoms with Gasteiger partial charge in [-0.05, 0) is 42.3 Å². The Labute approximate surface area is 110 Å². The zero-order chi connectivity index (χ0) is 13.4. The van der Waals surface area contributed by atoms with Gasteiger partial charge in [0.15, 0.2) is 0 Å². The van der Waals surface area contributed by atoms with Crippen LogP contribution in [0.4, 0.5) is 5.69 Å². The van der Waals surface area contributed by atoms with Crippen LogP contribution in [0.2, 0.25) is 0 Å². The number of anilines is 1. The van der Waals surface area contributed by atoms with Crippen molar-refractivity contribution in [1.29, 1.82) is 0 Å². The molecule has 0 saturated carbocycles.